The third-order valence-corrected chi connectivity index (χ3v) is 6.39. The van der Waals surface area contributed by atoms with Gasteiger partial charge in [0, 0.05) is 21.0 Å². The molecule has 2 aromatic heterocycles. The Bertz CT molecular complexity index is 1340. The molecule has 0 unspecified atom stereocenters. The van der Waals surface area contributed by atoms with Crippen LogP contribution in [0.15, 0.2) is 92.8 Å². The number of benzene rings is 3. The van der Waals surface area contributed by atoms with Gasteiger partial charge in [-0.05, 0) is 37.3 Å². The van der Waals surface area contributed by atoms with Crippen LogP contribution in [0, 0.1) is 0 Å². The average Bonchev–Trinajstić information content (AvgIpc) is 3.31. The summed E-state index contributed by atoms with van der Waals surface area (Å²) < 4.78 is 6.97. The summed E-state index contributed by atoms with van der Waals surface area (Å²) in [5.41, 5.74) is 2.77. The number of halogens is 1. The zero-order valence-corrected chi connectivity index (χ0v) is 19.0. The lowest BCUT2D eigenvalue weighted by Crippen LogP contribution is -1.96. The second-order valence-electron chi connectivity index (χ2n) is 6.95. The summed E-state index contributed by atoms with van der Waals surface area (Å²) in [4.78, 5) is 9.65. The van der Waals surface area contributed by atoms with E-state index in [1.165, 1.54) is 0 Å². The number of aromatic nitrogens is 4. The lowest BCUT2D eigenvalue weighted by Gasteiger charge is -2.11. The van der Waals surface area contributed by atoms with Crippen LogP contribution in [0.5, 0.6) is 0 Å². The van der Waals surface area contributed by atoms with Gasteiger partial charge in [-0.2, -0.15) is 0 Å². The molecule has 152 valence electrons. The quantitative estimate of drug-likeness (QED) is 0.196. The van der Waals surface area contributed by atoms with Gasteiger partial charge in [-0.3, -0.25) is 0 Å². The number of fused-ring (bicyclic) bond motifs is 1. The topological polar surface area (TPSA) is 64.7 Å². The maximum atomic E-state index is 5.95. The first-order chi connectivity index (χ1) is 15.2. The molecule has 7 heteroatoms. The highest BCUT2D eigenvalue weighted by Gasteiger charge is 2.19. The number of para-hydroxylation sites is 1. The normalized spacial score (nSPS) is 12.2. The van der Waals surface area contributed by atoms with Gasteiger partial charge in [-0.15, -0.1) is 10.2 Å². The van der Waals surface area contributed by atoms with Crippen molar-refractivity contribution in [3.63, 3.8) is 0 Å². The summed E-state index contributed by atoms with van der Waals surface area (Å²) in [6, 6.07) is 25.8. The number of thioether (sulfide) groups is 1. The molecule has 3 aromatic carbocycles. The number of hydrogen-bond acceptors (Lipinski definition) is 6. The molecule has 0 saturated heterocycles. The zero-order valence-electron chi connectivity index (χ0n) is 16.6. The molecule has 0 aliphatic rings. The highest BCUT2D eigenvalue weighted by molar-refractivity contribution is 9.10. The van der Waals surface area contributed by atoms with E-state index in [0.29, 0.717) is 17.6 Å². The van der Waals surface area contributed by atoms with Crippen molar-refractivity contribution in [1.82, 2.24) is 20.2 Å². The third kappa shape index (κ3) is 4.24. The predicted octanol–water partition coefficient (Wildman–Crippen LogP) is 6.96. The van der Waals surface area contributed by atoms with Gasteiger partial charge in [0.25, 0.3) is 0 Å². The lowest BCUT2D eigenvalue weighted by molar-refractivity contribution is 0.509. The Morgan fingerprint density at radius 1 is 0.806 bits per heavy atom. The first-order valence-corrected chi connectivity index (χ1v) is 11.4. The molecular weight excluding hydrogens is 472 g/mol. The van der Waals surface area contributed by atoms with Crippen molar-refractivity contribution in [1.29, 1.82) is 0 Å². The van der Waals surface area contributed by atoms with Gasteiger partial charge in [-0.25, -0.2) is 9.97 Å². The molecule has 1 atom stereocenters. The average molecular weight is 489 g/mol. The molecule has 5 rings (SSSR count). The van der Waals surface area contributed by atoms with Crippen molar-refractivity contribution in [2.75, 3.05) is 0 Å². The summed E-state index contributed by atoms with van der Waals surface area (Å²) >= 11 is 5.07. The van der Waals surface area contributed by atoms with E-state index in [4.69, 9.17) is 14.4 Å². The molecule has 0 bridgehead atoms. The van der Waals surface area contributed by atoms with Gasteiger partial charge in [0.15, 0.2) is 5.82 Å². The van der Waals surface area contributed by atoms with Crippen LogP contribution < -0.4 is 0 Å². The summed E-state index contributed by atoms with van der Waals surface area (Å²) in [5, 5.41) is 10.3. The van der Waals surface area contributed by atoms with E-state index < -0.39 is 0 Å². The fourth-order valence-electron chi connectivity index (χ4n) is 3.18. The SMILES string of the molecule is C[C@@H](Sc1nc(-c2ccc(Br)cc2)nc2ccccc12)c1nnc(-c2ccccc2)o1. The molecule has 0 aliphatic carbocycles. The Hall–Kier alpha value is -3.03. The maximum absolute atomic E-state index is 5.95. The molecule has 5 nitrogen and oxygen atoms in total. The van der Waals surface area contributed by atoms with Crippen LogP contribution in [0.1, 0.15) is 18.1 Å². The summed E-state index contributed by atoms with van der Waals surface area (Å²) in [6.07, 6.45) is 0. The highest BCUT2D eigenvalue weighted by atomic mass is 79.9. The lowest BCUT2D eigenvalue weighted by atomic mass is 10.2. The molecule has 0 fully saturated rings. The van der Waals surface area contributed by atoms with Crippen molar-refractivity contribution < 1.29 is 4.42 Å². The van der Waals surface area contributed by atoms with E-state index in [1.807, 2.05) is 85.8 Å². The Morgan fingerprint density at radius 2 is 1.55 bits per heavy atom. The molecule has 5 aromatic rings. The Kier molecular flexibility index (Phi) is 5.53. The second-order valence-corrected chi connectivity index (χ2v) is 9.19. The first kappa shape index (κ1) is 19.9. The number of nitrogens with zero attached hydrogens (tertiary/aromatic N) is 4. The van der Waals surface area contributed by atoms with E-state index in [2.05, 4.69) is 26.1 Å². The first-order valence-electron chi connectivity index (χ1n) is 9.75. The predicted molar refractivity (Wildman–Crippen MR) is 127 cm³/mol. The Labute approximate surface area is 192 Å². The maximum Gasteiger partial charge on any atom is 0.247 e. The molecule has 0 N–H and O–H groups in total. The molecule has 0 amide bonds. The van der Waals surface area contributed by atoms with Crippen LogP contribution in [0.4, 0.5) is 0 Å². The van der Waals surface area contributed by atoms with Crippen LogP contribution in [0.2, 0.25) is 0 Å². The summed E-state index contributed by atoms with van der Waals surface area (Å²) in [5.74, 6) is 1.78. The molecular formula is C24H17BrN4OS. The Balaban J connectivity index is 1.49. The van der Waals surface area contributed by atoms with Crippen molar-refractivity contribution in [2.45, 2.75) is 17.2 Å². The van der Waals surface area contributed by atoms with Gasteiger partial charge in [0.1, 0.15) is 5.03 Å². The van der Waals surface area contributed by atoms with Crippen molar-refractivity contribution in [3.8, 4) is 22.8 Å². The van der Waals surface area contributed by atoms with Crippen LogP contribution in [-0.4, -0.2) is 20.2 Å². The molecule has 0 aliphatic heterocycles. The van der Waals surface area contributed by atoms with E-state index >= 15 is 0 Å². The fraction of sp³-hybridized carbons (Fsp3) is 0.0833. The molecule has 0 radical (unpaired) electrons. The standard InChI is InChI=1S/C24H17BrN4OS/c1-15(22-28-29-23(30-22)17-7-3-2-4-8-17)31-24-19-9-5-6-10-20(19)26-21(27-24)16-11-13-18(25)14-12-16/h2-15H,1H3/t15-/m1/s1. The third-order valence-electron chi connectivity index (χ3n) is 4.77. The summed E-state index contributed by atoms with van der Waals surface area (Å²) in [7, 11) is 0. The zero-order chi connectivity index (χ0) is 21.2. The number of rotatable bonds is 5. The monoisotopic (exact) mass is 488 g/mol. The minimum atomic E-state index is -0.0685. The van der Waals surface area contributed by atoms with Gasteiger partial charge in [0.05, 0.1) is 10.8 Å². The van der Waals surface area contributed by atoms with E-state index in [9.17, 15) is 0 Å². The second kappa shape index (κ2) is 8.61. The van der Waals surface area contributed by atoms with Crippen LogP contribution in [-0.2, 0) is 0 Å². The van der Waals surface area contributed by atoms with E-state index in [0.717, 1.165) is 31.5 Å². The molecule has 31 heavy (non-hydrogen) atoms. The largest absolute Gasteiger partial charge is 0.419 e. The van der Waals surface area contributed by atoms with E-state index in [-0.39, 0.29) is 5.25 Å². The minimum absolute atomic E-state index is 0.0685. The van der Waals surface area contributed by atoms with Gasteiger partial charge >= 0.3 is 0 Å². The van der Waals surface area contributed by atoms with Crippen molar-refractivity contribution in [3.05, 3.63) is 89.2 Å². The molecule has 0 spiro atoms. The molecule has 2 heterocycles. The summed E-state index contributed by atoms with van der Waals surface area (Å²) in [6.45, 7) is 2.04. The minimum Gasteiger partial charge on any atom is -0.419 e. The van der Waals surface area contributed by atoms with Crippen LogP contribution in [0.3, 0.4) is 0 Å². The smallest absolute Gasteiger partial charge is 0.247 e. The molecule has 0 saturated carbocycles. The number of hydrogen-bond donors (Lipinski definition) is 0. The van der Waals surface area contributed by atoms with Crippen LogP contribution in [0.25, 0.3) is 33.7 Å². The van der Waals surface area contributed by atoms with Crippen molar-refractivity contribution >= 4 is 38.6 Å². The fourth-order valence-corrected chi connectivity index (χ4v) is 4.41. The van der Waals surface area contributed by atoms with E-state index in [1.54, 1.807) is 11.8 Å². The Morgan fingerprint density at radius 3 is 2.35 bits per heavy atom. The highest BCUT2D eigenvalue weighted by Crippen LogP contribution is 2.38. The van der Waals surface area contributed by atoms with Gasteiger partial charge in [0.2, 0.25) is 11.8 Å². The van der Waals surface area contributed by atoms with Crippen LogP contribution >= 0.6 is 27.7 Å². The van der Waals surface area contributed by atoms with Crippen molar-refractivity contribution in [2.24, 2.45) is 0 Å². The van der Waals surface area contributed by atoms with Gasteiger partial charge < -0.3 is 4.42 Å². The van der Waals surface area contributed by atoms with Gasteiger partial charge in [-0.1, -0.05) is 76.2 Å².